The number of carbonyl (C=O) groups is 1. The van der Waals surface area contributed by atoms with E-state index in [1.54, 1.807) is 0 Å². The maximum Gasteiger partial charge on any atom is 0.289 e. The summed E-state index contributed by atoms with van der Waals surface area (Å²) < 4.78 is 4.91. The summed E-state index contributed by atoms with van der Waals surface area (Å²) in [7, 11) is 0. The Balaban J connectivity index is 2.25. The van der Waals surface area contributed by atoms with Crippen LogP contribution in [0.2, 0.25) is 0 Å². The fourth-order valence-electron chi connectivity index (χ4n) is 1.34. The lowest BCUT2D eigenvalue weighted by Gasteiger charge is -1.97. The van der Waals surface area contributed by atoms with Gasteiger partial charge >= 0.3 is 0 Å². The molecule has 0 unspecified atom stereocenters. The summed E-state index contributed by atoms with van der Waals surface area (Å²) in [5.41, 5.74) is 1.63. The lowest BCUT2D eigenvalue weighted by molar-refractivity contribution is 0.105. The van der Waals surface area contributed by atoms with Gasteiger partial charge in [-0.25, -0.2) is 4.98 Å². The van der Waals surface area contributed by atoms with Crippen molar-refractivity contribution in [2.45, 2.75) is 6.42 Å². The van der Waals surface area contributed by atoms with Gasteiger partial charge in [-0.05, 0) is 17.2 Å². The molecule has 0 bridgehead atoms. The van der Waals surface area contributed by atoms with Crippen LogP contribution in [0.3, 0.4) is 0 Å². The molecule has 0 radical (unpaired) electrons. The minimum atomic E-state index is -0.613. The van der Waals surface area contributed by atoms with Crippen molar-refractivity contribution in [3.63, 3.8) is 0 Å². The Kier molecular flexibility index (Phi) is 2.83. The molecule has 0 N–H and O–H groups in total. The number of benzene rings is 1. The van der Waals surface area contributed by atoms with Crippen LogP contribution in [0.4, 0.5) is 0 Å². The van der Waals surface area contributed by atoms with E-state index in [2.05, 4.69) is 4.98 Å². The van der Waals surface area contributed by atoms with Crippen LogP contribution in [-0.4, -0.2) is 10.2 Å². The number of halogens is 1. The van der Waals surface area contributed by atoms with Gasteiger partial charge in [0.1, 0.15) is 0 Å². The first-order chi connectivity index (χ1) is 7.27. The van der Waals surface area contributed by atoms with E-state index < -0.39 is 5.24 Å². The lowest BCUT2D eigenvalue weighted by Crippen LogP contribution is -1.96. The maximum absolute atomic E-state index is 10.9. The van der Waals surface area contributed by atoms with Crippen molar-refractivity contribution >= 4 is 16.8 Å². The third kappa shape index (κ3) is 2.25. The predicted molar refractivity (Wildman–Crippen MR) is 55.9 cm³/mol. The molecule has 4 heteroatoms. The number of nitrogens with zero attached hydrogens (tertiary/aromatic N) is 1. The lowest BCUT2D eigenvalue weighted by atomic mass is 10.1. The highest BCUT2D eigenvalue weighted by atomic mass is 35.5. The molecule has 0 aliphatic rings. The SMILES string of the molecule is O=C(Cl)c1ocnc1Cc1ccccc1. The zero-order valence-corrected chi connectivity index (χ0v) is 8.57. The summed E-state index contributed by atoms with van der Waals surface area (Å²) in [5, 5.41) is -0.613. The van der Waals surface area contributed by atoms with E-state index >= 15 is 0 Å². The topological polar surface area (TPSA) is 43.1 Å². The van der Waals surface area contributed by atoms with E-state index in [-0.39, 0.29) is 5.76 Å². The van der Waals surface area contributed by atoms with Gasteiger partial charge in [-0.15, -0.1) is 0 Å². The average molecular weight is 222 g/mol. The van der Waals surface area contributed by atoms with Crippen LogP contribution in [-0.2, 0) is 6.42 Å². The van der Waals surface area contributed by atoms with Crippen LogP contribution in [0.15, 0.2) is 41.1 Å². The molecule has 0 spiro atoms. The van der Waals surface area contributed by atoms with Gasteiger partial charge in [0.2, 0.25) is 5.76 Å². The third-order valence-corrected chi connectivity index (χ3v) is 2.21. The van der Waals surface area contributed by atoms with Crippen LogP contribution in [0.5, 0.6) is 0 Å². The van der Waals surface area contributed by atoms with E-state index in [1.165, 1.54) is 6.39 Å². The van der Waals surface area contributed by atoms with Crippen LogP contribution < -0.4 is 0 Å². The number of hydrogen-bond donors (Lipinski definition) is 0. The van der Waals surface area contributed by atoms with Gasteiger partial charge in [0.15, 0.2) is 6.39 Å². The monoisotopic (exact) mass is 221 g/mol. The third-order valence-electron chi connectivity index (χ3n) is 2.03. The fourth-order valence-corrected chi connectivity index (χ4v) is 1.50. The molecule has 76 valence electrons. The van der Waals surface area contributed by atoms with E-state index in [4.69, 9.17) is 16.0 Å². The first-order valence-corrected chi connectivity index (χ1v) is 4.81. The highest BCUT2D eigenvalue weighted by Gasteiger charge is 2.14. The van der Waals surface area contributed by atoms with Crippen molar-refractivity contribution in [2.75, 3.05) is 0 Å². The average Bonchev–Trinajstić information content (AvgIpc) is 2.67. The molecule has 0 aliphatic carbocycles. The van der Waals surface area contributed by atoms with E-state index in [0.717, 1.165) is 5.56 Å². The normalized spacial score (nSPS) is 10.2. The largest absolute Gasteiger partial charge is 0.439 e. The number of carbonyl (C=O) groups excluding carboxylic acids is 1. The molecule has 1 heterocycles. The summed E-state index contributed by atoms with van der Waals surface area (Å²) in [6.45, 7) is 0. The number of rotatable bonds is 3. The second-order valence-electron chi connectivity index (χ2n) is 3.06. The number of oxazole rings is 1. The Morgan fingerprint density at radius 3 is 2.73 bits per heavy atom. The van der Waals surface area contributed by atoms with Gasteiger partial charge in [0.25, 0.3) is 5.24 Å². The van der Waals surface area contributed by atoms with Crippen LogP contribution >= 0.6 is 11.6 Å². The first kappa shape index (κ1) is 9.93. The van der Waals surface area contributed by atoms with Crippen LogP contribution in [0.25, 0.3) is 0 Å². The minimum Gasteiger partial charge on any atom is -0.439 e. The second-order valence-corrected chi connectivity index (χ2v) is 3.41. The molecule has 2 rings (SSSR count). The molecule has 0 atom stereocenters. The van der Waals surface area contributed by atoms with E-state index in [1.807, 2.05) is 30.3 Å². The standard InChI is InChI=1S/C11H8ClNO2/c12-11(14)10-9(13-7-15-10)6-8-4-2-1-3-5-8/h1-5,7H,6H2. The molecule has 2 aromatic rings. The van der Waals surface area contributed by atoms with Crippen LogP contribution in [0, 0.1) is 0 Å². The molecule has 1 aromatic carbocycles. The Morgan fingerprint density at radius 1 is 1.33 bits per heavy atom. The van der Waals surface area contributed by atoms with Crippen molar-refractivity contribution < 1.29 is 9.21 Å². The zero-order chi connectivity index (χ0) is 10.7. The minimum absolute atomic E-state index is 0.125. The Morgan fingerprint density at radius 2 is 2.07 bits per heavy atom. The molecule has 0 saturated carbocycles. The molecule has 0 amide bonds. The number of hydrogen-bond acceptors (Lipinski definition) is 3. The molecule has 3 nitrogen and oxygen atoms in total. The van der Waals surface area contributed by atoms with Gasteiger partial charge in [0.05, 0.1) is 5.69 Å². The van der Waals surface area contributed by atoms with Crippen LogP contribution in [0.1, 0.15) is 21.8 Å². The smallest absolute Gasteiger partial charge is 0.289 e. The molecule has 1 aromatic heterocycles. The highest BCUT2D eigenvalue weighted by molar-refractivity contribution is 6.67. The molecular formula is C11H8ClNO2. The zero-order valence-electron chi connectivity index (χ0n) is 7.81. The second kappa shape index (κ2) is 4.28. The van der Waals surface area contributed by atoms with Crippen molar-refractivity contribution in [1.82, 2.24) is 4.98 Å². The van der Waals surface area contributed by atoms with Gasteiger partial charge < -0.3 is 4.42 Å². The quantitative estimate of drug-likeness (QED) is 0.749. The Labute approximate surface area is 91.7 Å². The van der Waals surface area contributed by atoms with E-state index in [9.17, 15) is 4.79 Å². The summed E-state index contributed by atoms with van der Waals surface area (Å²) in [4.78, 5) is 14.9. The summed E-state index contributed by atoms with van der Waals surface area (Å²) in [5.74, 6) is 0.125. The van der Waals surface area contributed by atoms with Crippen molar-refractivity contribution in [3.05, 3.63) is 53.7 Å². The van der Waals surface area contributed by atoms with Gasteiger partial charge in [-0.2, -0.15) is 0 Å². The number of aromatic nitrogens is 1. The molecule has 0 saturated heterocycles. The van der Waals surface area contributed by atoms with Gasteiger partial charge in [0, 0.05) is 6.42 Å². The fraction of sp³-hybridized carbons (Fsp3) is 0.0909. The van der Waals surface area contributed by atoms with E-state index in [0.29, 0.717) is 12.1 Å². The Bertz CT molecular complexity index is 464. The Hall–Kier alpha value is -1.61. The van der Waals surface area contributed by atoms with Crippen molar-refractivity contribution in [2.24, 2.45) is 0 Å². The molecule has 0 aliphatic heterocycles. The molecular weight excluding hydrogens is 214 g/mol. The summed E-state index contributed by atoms with van der Waals surface area (Å²) in [6.07, 6.45) is 1.78. The van der Waals surface area contributed by atoms with Crippen molar-refractivity contribution in [1.29, 1.82) is 0 Å². The highest BCUT2D eigenvalue weighted by Crippen LogP contribution is 2.14. The first-order valence-electron chi connectivity index (χ1n) is 4.43. The molecule has 15 heavy (non-hydrogen) atoms. The predicted octanol–water partition coefficient (Wildman–Crippen LogP) is 2.64. The summed E-state index contributed by atoms with van der Waals surface area (Å²) >= 11 is 5.34. The summed E-state index contributed by atoms with van der Waals surface area (Å²) in [6, 6.07) is 9.70. The van der Waals surface area contributed by atoms with Gasteiger partial charge in [-0.1, -0.05) is 30.3 Å². The molecule has 0 fully saturated rings. The maximum atomic E-state index is 10.9. The van der Waals surface area contributed by atoms with Gasteiger partial charge in [-0.3, -0.25) is 4.79 Å². The van der Waals surface area contributed by atoms with Crippen molar-refractivity contribution in [3.8, 4) is 0 Å².